The molecule has 0 spiro atoms. The molecule has 2 N–H and O–H groups in total. The molecule has 0 radical (unpaired) electrons. The van der Waals surface area contributed by atoms with E-state index in [1.165, 1.54) is 39.5 Å². The van der Waals surface area contributed by atoms with Crippen LogP contribution < -0.4 is 10.9 Å². The monoisotopic (exact) mass is 539 g/mol. The van der Waals surface area contributed by atoms with E-state index in [1.807, 2.05) is 24.4 Å². The van der Waals surface area contributed by atoms with E-state index in [0.29, 0.717) is 27.7 Å². The van der Waals surface area contributed by atoms with E-state index < -0.39 is 11.2 Å². The second-order valence-corrected chi connectivity index (χ2v) is 10.8. The fourth-order valence-electron chi connectivity index (χ4n) is 3.84. The first-order valence-electron chi connectivity index (χ1n) is 12.0. The summed E-state index contributed by atoms with van der Waals surface area (Å²) in [5, 5.41) is 9.12. The maximum absolute atomic E-state index is 13.1. The van der Waals surface area contributed by atoms with Crippen LogP contribution in [0.5, 0.6) is 0 Å². The van der Waals surface area contributed by atoms with E-state index in [2.05, 4.69) is 46.4 Å². The van der Waals surface area contributed by atoms with Crippen LogP contribution in [0.2, 0.25) is 0 Å². The fourth-order valence-corrected chi connectivity index (χ4v) is 5.75. The van der Waals surface area contributed by atoms with Crippen molar-refractivity contribution in [1.29, 1.82) is 0 Å². The van der Waals surface area contributed by atoms with Crippen LogP contribution in [0.4, 0.5) is 5.82 Å². The zero-order chi connectivity index (χ0) is 26.7. The molecule has 3 aromatic heterocycles. The molecule has 1 aromatic carbocycles. The number of aryl methyl sites for hydroxylation is 1. The van der Waals surface area contributed by atoms with E-state index in [0.717, 1.165) is 11.1 Å². The zero-order valence-electron chi connectivity index (χ0n) is 21.3. The van der Waals surface area contributed by atoms with Crippen molar-refractivity contribution in [1.82, 2.24) is 19.7 Å². The van der Waals surface area contributed by atoms with Crippen molar-refractivity contribution in [3.63, 3.8) is 0 Å². The van der Waals surface area contributed by atoms with Gasteiger partial charge in [0.15, 0.2) is 5.16 Å². The number of carbonyl (C=O) groups is 2. The molecule has 0 saturated heterocycles. The number of esters is 1. The van der Waals surface area contributed by atoms with Crippen LogP contribution in [0, 0.1) is 0 Å². The number of nitrogens with zero attached hydrogens (tertiary/aromatic N) is 3. The van der Waals surface area contributed by atoms with Gasteiger partial charge in [-0.1, -0.05) is 56.8 Å². The number of thiophene rings is 1. The Kier molecular flexibility index (Phi) is 8.13. The lowest BCUT2D eigenvalue weighted by molar-refractivity contribution is -0.115. The average Bonchev–Trinajstić information content (AvgIpc) is 3.46. The molecule has 0 bridgehead atoms. The molecule has 1 atom stereocenters. The lowest BCUT2D eigenvalue weighted by Crippen LogP contribution is -2.27. The Bertz CT molecular complexity index is 1490. The van der Waals surface area contributed by atoms with Gasteiger partial charge in [-0.2, -0.15) is 5.10 Å². The number of anilines is 1. The van der Waals surface area contributed by atoms with Gasteiger partial charge in [-0.25, -0.2) is 9.78 Å². The minimum Gasteiger partial charge on any atom is -0.462 e. The molecular weight excluding hydrogens is 510 g/mol. The van der Waals surface area contributed by atoms with Gasteiger partial charge in [0, 0.05) is 18.0 Å². The summed E-state index contributed by atoms with van der Waals surface area (Å²) in [5.74, 6) is -0.209. The number of rotatable bonds is 9. The van der Waals surface area contributed by atoms with E-state index in [4.69, 9.17) is 4.74 Å². The number of hydrogen-bond acceptors (Lipinski definition) is 8. The molecule has 37 heavy (non-hydrogen) atoms. The van der Waals surface area contributed by atoms with Crippen LogP contribution >= 0.6 is 23.1 Å². The summed E-state index contributed by atoms with van der Waals surface area (Å²) < 4.78 is 6.46. The van der Waals surface area contributed by atoms with Crippen molar-refractivity contribution in [2.75, 3.05) is 11.9 Å². The van der Waals surface area contributed by atoms with Crippen LogP contribution in [-0.4, -0.2) is 43.5 Å². The third kappa shape index (κ3) is 5.62. The molecule has 9 nitrogen and oxygen atoms in total. The number of aromatic amines is 1. The fraction of sp³-hybridized carbons (Fsp3) is 0.346. The van der Waals surface area contributed by atoms with Gasteiger partial charge in [-0.15, -0.1) is 11.3 Å². The van der Waals surface area contributed by atoms with Crippen LogP contribution in [0.25, 0.3) is 21.3 Å². The van der Waals surface area contributed by atoms with Crippen LogP contribution in [-0.2, 0) is 16.6 Å². The maximum Gasteiger partial charge on any atom is 0.343 e. The van der Waals surface area contributed by atoms with Crippen LogP contribution in [0.3, 0.4) is 0 Å². The van der Waals surface area contributed by atoms with Gasteiger partial charge in [0.05, 0.1) is 23.4 Å². The number of carbonyl (C=O) groups excluding carboxylic acids is 2. The quantitative estimate of drug-likeness (QED) is 0.171. The molecule has 4 aromatic rings. The van der Waals surface area contributed by atoms with E-state index in [1.54, 1.807) is 14.0 Å². The summed E-state index contributed by atoms with van der Waals surface area (Å²) in [6, 6.07) is 8.21. The highest BCUT2D eigenvalue weighted by molar-refractivity contribution is 8.00. The second kappa shape index (κ2) is 11.3. The number of amides is 1. The second-order valence-electron chi connectivity index (χ2n) is 8.73. The van der Waals surface area contributed by atoms with Crippen molar-refractivity contribution in [3.8, 4) is 11.1 Å². The van der Waals surface area contributed by atoms with Gasteiger partial charge in [-0.05, 0) is 30.4 Å². The number of ether oxygens (including phenoxy) is 1. The highest BCUT2D eigenvalue weighted by atomic mass is 32.2. The summed E-state index contributed by atoms with van der Waals surface area (Å²) in [4.78, 5) is 46.5. The molecule has 194 valence electrons. The lowest BCUT2D eigenvalue weighted by atomic mass is 9.99. The smallest absolute Gasteiger partial charge is 0.343 e. The lowest BCUT2D eigenvalue weighted by Gasteiger charge is -2.15. The average molecular weight is 540 g/mol. The molecule has 1 amide bonds. The Morgan fingerprint density at radius 1 is 1.22 bits per heavy atom. The third-order valence-electron chi connectivity index (χ3n) is 5.90. The molecule has 0 aliphatic carbocycles. The number of hydrogen-bond donors (Lipinski definition) is 2. The Hall–Kier alpha value is -3.44. The standard InChI is InChI=1S/C26H29N5O4S2/c1-6-19(22(32)28-21-17(12-27-31(21)5)25(34)35-7-2)37-26-29-23(33)20-18(13-36-24(20)30-26)16-10-8-15(9-11-16)14(3)4/h8-14,19H,6-7H2,1-5H3,(H,28,32)(H,29,30,33). The largest absolute Gasteiger partial charge is 0.462 e. The summed E-state index contributed by atoms with van der Waals surface area (Å²) >= 11 is 2.57. The molecule has 0 aliphatic rings. The van der Waals surface area contributed by atoms with Crippen molar-refractivity contribution in [3.05, 3.63) is 57.3 Å². The highest BCUT2D eigenvalue weighted by Gasteiger charge is 2.25. The first-order chi connectivity index (χ1) is 17.7. The predicted octanol–water partition coefficient (Wildman–Crippen LogP) is 5.19. The van der Waals surface area contributed by atoms with Gasteiger partial charge in [-0.3, -0.25) is 14.3 Å². The van der Waals surface area contributed by atoms with E-state index in [-0.39, 0.29) is 29.5 Å². The van der Waals surface area contributed by atoms with Gasteiger partial charge >= 0.3 is 5.97 Å². The van der Waals surface area contributed by atoms with E-state index >= 15 is 0 Å². The van der Waals surface area contributed by atoms with Crippen molar-refractivity contribution in [2.45, 2.75) is 50.4 Å². The first kappa shape index (κ1) is 26.6. The molecular formula is C26H29N5O4S2. The number of nitrogens with one attached hydrogen (secondary N) is 2. The molecule has 0 saturated carbocycles. The van der Waals surface area contributed by atoms with Crippen molar-refractivity contribution in [2.24, 2.45) is 7.05 Å². The maximum atomic E-state index is 13.1. The number of aromatic nitrogens is 4. The summed E-state index contributed by atoms with van der Waals surface area (Å²) in [5.41, 5.74) is 2.97. The summed E-state index contributed by atoms with van der Waals surface area (Å²) in [6.45, 7) is 8.07. The number of thioether (sulfide) groups is 1. The Morgan fingerprint density at radius 2 is 1.95 bits per heavy atom. The summed E-state index contributed by atoms with van der Waals surface area (Å²) in [6.07, 6.45) is 1.84. The summed E-state index contributed by atoms with van der Waals surface area (Å²) in [7, 11) is 1.63. The van der Waals surface area contributed by atoms with Gasteiger partial charge in [0.1, 0.15) is 16.2 Å². The van der Waals surface area contributed by atoms with E-state index in [9.17, 15) is 14.4 Å². The molecule has 3 heterocycles. The van der Waals surface area contributed by atoms with Crippen molar-refractivity contribution >= 4 is 51.0 Å². The molecule has 11 heteroatoms. The van der Waals surface area contributed by atoms with Gasteiger partial charge < -0.3 is 15.0 Å². The first-order valence-corrected chi connectivity index (χ1v) is 13.8. The topological polar surface area (TPSA) is 119 Å². The van der Waals surface area contributed by atoms with Crippen molar-refractivity contribution < 1.29 is 14.3 Å². The highest BCUT2D eigenvalue weighted by Crippen LogP contribution is 2.33. The molecule has 1 unspecified atom stereocenters. The zero-order valence-corrected chi connectivity index (χ0v) is 23.0. The minimum atomic E-state index is -0.562. The predicted molar refractivity (Wildman–Crippen MR) is 147 cm³/mol. The molecule has 0 aliphatic heterocycles. The molecule has 0 fully saturated rings. The SMILES string of the molecule is CCOC(=O)c1cnn(C)c1NC(=O)C(CC)Sc1nc2scc(-c3ccc(C(C)C)cc3)c2c(=O)[nH]1. The Balaban J connectivity index is 1.56. The minimum absolute atomic E-state index is 0.179. The van der Waals surface area contributed by atoms with Crippen LogP contribution in [0.15, 0.2) is 45.8 Å². The Labute approximate surface area is 222 Å². The number of fused-ring (bicyclic) bond motifs is 1. The van der Waals surface area contributed by atoms with Gasteiger partial charge in [0.25, 0.3) is 5.56 Å². The molecule has 4 rings (SSSR count). The third-order valence-corrected chi connectivity index (χ3v) is 8.02. The number of H-pyrrole nitrogens is 1. The normalized spacial score (nSPS) is 12.2. The Morgan fingerprint density at radius 3 is 2.59 bits per heavy atom. The number of benzene rings is 1. The van der Waals surface area contributed by atoms with Crippen LogP contribution in [0.1, 0.15) is 56.0 Å². The van der Waals surface area contributed by atoms with Gasteiger partial charge in [0.2, 0.25) is 5.91 Å².